The minimum atomic E-state index is -4.58. The smallest absolute Gasteiger partial charge is 0.491 e. The number of nitrogens with one attached hydrogen (secondary N) is 1. The number of rotatable bonds is 8. The Morgan fingerprint density at radius 1 is 0.736 bits per heavy atom. The van der Waals surface area contributed by atoms with E-state index in [0.717, 1.165) is 30.9 Å². The summed E-state index contributed by atoms with van der Waals surface area (Å²) in [5, 5.41) is 3.04. The Kier molecular flexibility index (Phi) is 7.71. The van der Waals surface area contributed by atoms with E-state index in [1.54, 1.807) is 30.2 Å². The number of methoxy groups -OCH3 is 2. The number of ether oxygens (including phenoxy) is 2. The number of nitrogens with zero attached hydrogens (tertiary/aromatic N) is 5. The molecule has 0 radical (unpaired) electrons. The summed E-state index contributed by atoms with van der Waals surface area (Å²) >= 11 is 0. The number of amides is 4. The van der Waals surface area contributed by atoms with Crippen LogP contribution >= 0.6 is 0 Å². The van der Waals surface area contributed by atoms with Crippen molar-refractivity contribution in [1.29, 1.82) is 0 Å². The van der Waals surface area contributed by atoms with Gasteiger partial charge in [0, 0.05) is 23.0 Å². The Bertz CT molecular complexity index is 2370. The van der Waals surface area contributed by atoms with Crippen LogP contribution in [0.4, 0.5) is 37.2 Å². The van der Waals surface area contributed by atoms with Crippen LogP contribution in [0.5, 0.6) is 0 Å². The molecule has 264 valence electrons. The third-order valence-electron chi connectivity index (χ3n) is 9.41. The highest BCUT2D eigenvalue weighted by atomic mass is 19.2. The molecule has 8 rings (SSSR count). The van der Waals surface area contributed by atoms with Crippen molar-refractivity contribution < 1.29 is 41.8 Å². The third kappa shape index (κ3) is 5.15. The van der Waals surface area contributed by atoms with Gasteiger partial charge in [-0.2, -0.15) is 0 Å². The van der Waals surface area contributed by atoms with Crippen molar-refractivity contribution >= 4 is 70.6 Å². The highest BCUT2D eigenvalue weighted by molar-refractivity contribution is 6.59. The quantitative estimate of drug-likeness (QED) is 0.197. The molecule has 53 heavy (non-hydrogen) atoms. The fourth-order valence-corrected chi connectivity index (χ4v) is 7.01. The van der Waals surface area contributed by atoms with Crippen molar-refractivity contribution in [1.82, 2.24) is 4.48 Å². The van der Waals surface area contributed by atoms with Crippen LogP contribution in [0.1, 0.15) is 11.3 Å². The highest BCUT2D eigenvalue weighted by Gasteiger charge is 2.51. The van der Waals surface area contributed by atoms with Gasteiger partial charge < -0.3 is 32.4 Å². The number of halogens is 2. The first-order valence-corrected chi connectivity index (χ1v) is 16.4. The number of hydrogen-bond donors (Lipinski definition) is 1. The van der Waals surface area contributed by atoms with E-state index >= 15 is 8.63 Å². The van der Waals surface area contributed by atoms with Crippen LogP contribution in [0, 0.1) is 0 Å². The van der Waals surface area contributed by atoms with Crippen LogP contribution in [-0.4, -0.2) is 66.7 Å². The first kappa shape index (κ1) is 33.1. The summed E-state index contributed by atoms with van der Waals surface area (Å²) in [6.45, 7) is -4.58. The first-order valence-electron chi connectivity index (χ1n) is 16.4. The van der Waals surface area contributed by atoms with E-state index in [1.807, 2.05) is 60.7 Å². The molecule has 3 aromatic carbocycles. The number of anilines is 5. The van der Waals surface area contributed by atoms with E-state index in [4.69, 9.17) is 9.47 Å². The van der Waals surface area contributed by atoms with Crippen LogP contribution in [0.2, 0.25) is 0 Å². The summed E-state index contributed by atoms with van der Waals surface area (Å²) in [7, 11) is 4.20. The zero-order valence-electron chi connectivity index (χ0n) is 28.5. The number of allylic oxidation sites excluding steroid dienone is 1. The minimum Gasteiger partial charge on any atom is -0.491 e. The molecule has 4 aliphatic rings. The lowest BCUT2D eigenvalue weighted by Crippen LogP contribution is -2.53. The molecule has 1 N–H and O–H groups in total. The maximum absolute atomic E-state index is 17.3. The van der Waals surface area contributed by atoms with E-state index in [1.165, 1.54) is 38.5 Å². The van der Waals surface area contributed by atoms with Gasteiger partial charge in [-0.25, -0.2) is 14.7 Å². The molecule has 0 fully saturated rings. The molecule has 0 aliphatic carbocycles. The van der Waals surface area contributed by atoms with Crippen LogP contribution in [0.25, 0.3) is 5.57 Å². The average Bonchev–Trinajstić information content (AvgIpc) is 3.92. The Morgan fingerprint density at radius 2 is 1.30 bits per heavy atom. The first-order chi connectivity index (χ1) is 25.5. The monoisotopic (exact) mass is 714 g/mol. The maximum atomic E-state index is 17.3. The van der Waals surface area contributed by atoms with Gasteiger partial charge in [0.2, 0.25) is 5.84 Å². The summed E-state index contributed by atoms with van der Waals surface area (Å²) in [5.74, 6) is -3.30. The van der Waals surface area contributed by atoms with Crippen LogP contribution in [-0.2, 0) is 28.7 Å². The standard InChI is InChI=1S/C38H29BF2N6O6/c1-43(25-12-8-5-9-13-25)33-17-15-29-36(23-10-6-4-7-11-23)28-14-16-32(46(28)39(40,41)47(29)33)42-24-18-26(44-34(48)21-30(52-2)37(44)50)20-27(19-24)45-35(49)22-31(53-3)38(45)51/h4-22,42H,1-3H3. The number of benzene rings is 3. The molecule has 0 atom stereocenters. The summed E-state index contributed by atoms with van der Waals surface area (Å²) < 4.78 is 46.8. The molecular weight excluding hydrogens is 685 g/mol. The minimum absolute atomic E-state index is 0.0428. The molecule has 1 aromatic heterocycles. The predicted molar refractivity (Wildman–Crippen MR) is 194 cm³/mol. The Hall–Kier alpha value is -7.03. The highest BCUT2D eigenvalue weighted by Crippen LogP contribution is 2.43. The lowest BCUT2D eigenvalue weighted by atomic mass is 9.86. The SMILES string of the molecule is COC1=CC(=O)N(c2cc(Nc3ccc4n3[B-](F)(F)[N+]3=C(N(C)c5ccccc5)C=CC3=C4c3ccccc3)cc(N3C(=O)C=C(OC)C3=O)c2)C1=O. The van der Waals surface area contributed by atoms with Crippen molar-refractivity contribution in [3.8, 4) is 0 Å². The normalized spacial score (nSPS) is 17.4. The third-order valence-corrected chi connectivity index (χ3v) is 9.41. The van der Waals surface area contributed by atoms with Gasteiger partial charge in [-0.15, -0.1) is 0 Å². The van der Waals surface area contributed by atoms with E-state index < -0.39 is 30.6 Å². The number of carbonyl (C=O) groups excluding carboxylic acids is 4. The number of imide groups is 2. The molecule has 5 heterocycles. The molecule has 0 saturated heterocycles. The summed E-state index contributed by atoms with van der Waals surface area (Å²) in [5.41, 5.74) is 2.52. The fourth-order valence-electron chi connectivity index (χ4n) is 7.01. The summed E-state index contributed by atoms with van der Waals surface area (Å²) in [6.07, 6.45) is 5.36. The van der Waals surface area contributed by atoms with Gasteiger partial charge in [-0.1, -0.05) is 48.5 Å². The molecule has 0 unspecified atom stereocenters. The van der Waals surface area contributed by atoms with Crippen molar-refractivity contribution in [3.63, 3.8) is 0 Å². The van der Waals surface area contributed by atoms with Gasteiger partial charge in [0.15, 0.2) is 11.5 Å². The Morgan fingerprint density at radius 3 is 1.85 bits per heavy atom. The topological polar surface area (TPSA) is 116 Å². The molecule has 0 spiro atoms. The second-order valence-corrected chi connectivity index (χ2v) is 12.4. The Labute approximate surface area is 301 Å². The average molecular weight is 714 g/mol. The number of amidine groups is 1. The second kappa shape index (κ2) is 12.3. The number of carbonyl (C=O) groups is 4. The van der Waals surface area contributed by atoms with Crippen molar-refractivity contribution in [2.45, 2.75) is 0 Å². The molecule has 4 aromatic rings. The van der Waals surface area contributed by atoms with Gasteiger partial charge >= 0.3 is 18.8 Å². The summed E-state index contributed by atoms with van der Waals surface area (Å²) in [6, 6.07) is 25.5. The zero-order chi connectivity index (χ0) is 37.2. The van der Waals surface area contributed by atoms with E-state index in [2.05, 4.69) is 5.32 Å². The van der Waals surface area contributed by atoms with E-state index in [9.17, 15) is 19.2 Å². The second-order valence-electron chi connectivity index (χ2n) is 12.4. The molecule has 0 bridgehead atoms. The van der Waals surface area contributed by atoms with Crippen molar-refractivity contribution in [2.24, 2.45) is 0 Å². The van der Waals surface area contributed by atoms with Gasteiger partial charge in [-0.3, -0.25) is 19.2 Å². The lowest BCUT2D eigenvalue weighted by molar-refractivity contribution is -0.362. The van der Waals surface area contributed by atoms with E-state index in [0.29, 0.717) is 22.5 Å². The van der Waals surface area contributed by atoms with E-state index in [-0.39, 0.29) is 45.9 Å². The molecule has 12 nitrogen and oxygen atoms in total. The lowest BCUT2D eigenvalue weighted by Gasteiger charge is -2.37. The maximum Gasteiger partial charge on any atom is 0.640 e. The molecule has 15 heteroatoms. The fraction of sp³-hybridized carbons (Fsp3) is 0.0789. The van der Waals surface area contributed by atoms with Gasteiger partial charge in [0.1, 0.15) is 5.69 Å². The molecule has 4 amide bonds. The molecular formula is C38H29BF2N6O6. The van der Waals surface area contributed by atoms with Crippen LogP contribution < -0.4 is 20.0 Å². The Balaban J connectivity index is 1.28. The number of aromatic nitrogens is 1. The number of para-hydroxylation sites is 1. The largest absolute Gasteiger partial charge is 0.640 e. The summed E-state index contributed by atoms with van der Waals surface area (Å²) in [4.78, 5) is 55.6. The van der Waals surface area contributed by atoms with Crippen LogP contribution in [0.15, 0.2) is 133 Å². The number of fused-ring (bicyclic) bond motifs is 2. The molecule has 0 saturated carbocycles. The van der Waals surface area contributed by atoms with Gasteiger partial charge in [-0.05, 0) is 54.1 Å². The predicted octanol–water partition coefficient (Wildman–Crippen LogP) is 5.15. The van der Waals surface area contributed by atoms with Crippen molar-refractivity contribution in [3.05, 3.63) is 144 Å². The number of likely N-dealkylation sites (N-methyl/N-ethyl adjacent to an activating group) is 1. The van der Waals surface area contributed by atoms with Crippen LogP contribution in [0.3, 0.4) is 0 Å². The number of hydrogen-bond acceptors (Lipinski definition) is 8. The van der Waals surface area contributed by atoms with Gasteiger partial charge in [0.25, 0.3) is 11.8 Å². The zero-order valence-corrected chi connectivity index (χ0v) is 28.5. The van der Waals surface area contributed by atoms with Gasteiger partial charge in [0.05, 0.1) is 56.3 Å². The molecule has 4 aliphatic heterocycles. The van der Waals surface area contributed by atoms with Crippen molar-refractivity contribution in [2.75, 3.05) is 41.3 Å².